The Morgan fingerprint density at radius 2 is 1.83 bits per heavy atom. The quantitative estimate of drug-likeness (QED) is 0.429. The summed E-state index contributed by atoms with van der Waals surface area (Å²) in [7, 11) is 0. The van der Waals surface area contributed by atoms with Crippen LogP contribution in [0.15, 0.2) is 70.8 Å². The van der Waals surface area contributed by atoms with E-state index in [0.717, 1.165) is 46.4 Å². The summed E-state index contributed by atoms with van der Waals surface area (Å²) in [5, 5.41) is 3.97. The SMILES string of the molecule is CCOc1ccc(CNC(=O)[C@@H]2CCCN(c3nccnc3Sc3ccccc3)C2)cc1OCC. The van der Waals surface area contributed by atoms with Gasteiger partial charge in [0, 0.05) is 36.9 Å². The first-order chi connectivity index (χ1) is 17.2. The van der Waals surface area contributed by atoms with Crippen LogP contribution >= 0.6 is 11.8 Å². The second-order valence-corrected chi connectivity index (χ2v) is 9.31. The van der Waals surface area contributed by atoms with Crippen molar-refractivity contribution >= 4 is 23.5 Å². The highest BCUT2D eigenvalue weighted by atomic mass is 32.2. The maximum atomic E-state index is 13.1. The van der Waals surface area contributed by atoms with Gasteiger partial charge in [0.05, 0.1) is 19.1 Å². The van der Waals surface area contributed by atoms with Gasteiger partial charge >= 0.3 is 0 Å². The van der Waals surface area contributed by atoms with Crippen LogP contribution in [0, 0.1) is 5.92 Å². The van der Waals surface area contributed by atoms with E-state index < -0.39 is 0 Å². The van der Waals surface area contributed by atoms with Crippen molar-refractivity contribution in [1.29, 1.82) is 0 Å². The Labute approximate surface area is 211 Å². The molecule has 1 N–H and O–H groups in total. The third-order valence-corrected chi connectivity index (χ3v) is 6.76. The zero-order valence-electron chi connectivity index (χ0n) is 20.3. The summed E-state index contributed by atoms with van der Waals surface area (Å²) in [6.07, 6.45) is 5.23. The number of benzene rings is 2. The molecular formula is C27H32N4O3S. The van der Waals surface area contributed by atoms with E-state index in [1.54, 1.807) is 24.2 Å². The van der Waals surface area contributed by atoms with Crippen LogP contribution in [-0.2, 0) is 11.3 Å². The van der Waals surface area contributed by atoms with E-state index in [2.05, 4.69) is 32.3 Å². The Morgan fingerprint density at radius 1 is 1.06 bits per heavy atom. The van der Waals surface area contributed by atoms with E-state index in [0.29, 0.717) is 32.1 Å². The van der Waals surface area contributed by atoms with Gasteiger partial charge in [-0.2, -0.15) is 0 Å². The lowest BCUT2D eigenvalue weighted by Gasteiger charge is -2.33. The van der Waals surface area contributed by atoms with Crippen molar-refractivity contribution in [3.05, 3.63) is 66.5 Å². The van der Waals surface area contributed by atoms with Crippen LogP contribution in [0.4, 0.5) is 5.82 Å². The summed E-state index contributed by atoms with van der Waals surface area (Å²) >= 11 is 1.60. The third-order valence-electron chi connectivity index (χ3n) is 5.77. The first kappa shape index (κ1) is 24.9. The highest BCUT2D eigenvalue weighted by molar-refractivity contribution is 7.99. The summed E-state index contributed by atoms with van der Waals surface area (Å²) in [6.45, 7) is 6.96. The normalized spacial score (nSPS) is 15.5. The van der Waals surface area contributed by atoms with Crippen molar-refractivity contribution in [2.24, 2.45) is 5.92 Å². The van der Waals surface area contributed by atoms with Crippen molar-refractivity contribution in [2.45, 2.75) is 43.2 Å². The Morgan fingerprint density at radius 3 is 2.63 bits per heavy atom. The summed E-state index contributed by atoms with van der Waals surface area (Å²) in [4.78, 5) is 25.6. The monoisotopic (exact) mass is 492 g/mol. The van der Waals surface area contributed by atoms with Crippen LogP contribution in [0.3, 0.4) is 0 Å². The van der Waals surface area contributed by atoms with Crippen molar-refractivity contribution in [3.63, 3.8) is 0 Å². The molecule has 1 fully saturated rings. The number of ether oxygens (including phenoxy) is 2. The Kier molecular flexibility index (Phi) is 8.84. The summed E-state index contributed by atoms with van der Waals surface area (Å²) in [5.74, 6) is 2.22. The molecule has 0 saturated carbocycles. The Hall–Kier alpha value is -3.26. The Balaban J connectivity index is 1.39. The molecule has 0 bridgehead atoms. The van der Waals surface area contributed by atoms with Crippen LogP contribution in [0.1, 0.15) is 32.3 Å². The van der Waals surface area contributed by atoms with Gasteiger partial charge in [-0.15, -0.1) is 0 Å². The molecule has 4 rings (SSSR count). The maximum absolute atomic E-state index is 13.1. The number of nitrogens with zero attached hydrogens (tertiary/aromatic N) is 3. The standard InChI is InChI=1S/C27H32N4O3S/c1-3-33-23-13-12-20(17-24(23)34-4-2)18-30-26(32)21-9-8-16-31(19-21)25-27(29-15-14-28-25)35-22-10-6-5-7-11-22/h5-7,10-15,17,21H,3-4,8-9,16,18-19H2,1-2H3,(H,30,32)/t21-/m1/s1. The van der Waals surface area contributed by atoms with Gasteiger partial charge in [0.1, 0.15) is 5.03 Å². The van der Waals surface area contributed by atoms with E-state index in [1.807, 2.05) is 50.2 Å². The molecule has 8 heteroatoms. The molecule has 35 heavy (non-hydrogen) atoms. The smallest absolute Gasteiger partial charge is 0.225 e. The number of carbonyl (C=O) groups is 1. The van der Waals surface area contributed by atoms with Crippen LogP contribution < -0.4 is 19.7 Å². The van der Waals surface area contributed by atoms with Crippen LogP contribution in [-0.4, -0.2) is 42.2 Å². The molecule has 184 valence electrons. The minimum Gasteiger partial charge on any atom is -0.490 e. The number of hydrogen-bond acceptors (Lipinski definition) is 7. The van der Waals surface area contributed by atoms with E-state index in [1.165, 1.54) is 0 Å². The predicted molar refractivity (Wildman–Crippen MR) is 138 cm³/mol. The first-order valence-electron chi connectivity index (χ1n) is 12.1. The van der Waals surface area contributed by atoms with Crippen LogP contribution in [0.2, 0.25) is 0 Å². The van der Waals surface area contributed by atoms with Crippen molar-refractivity contribution in [1.82, 2.24) is 15.3 Å². The lowest BCUT2D eigenvalue weighted by Crippen LogP contribution is -2.43. The molecule has 0 aliphatic carbocycles. The average Bonchev–Trinajstić information content (AvgIpc) is 2.90. The predicted octanol–water partition coefficient (Wildman–Crippen LogP) is 4.96. The number of anilines is 1. The van der Waals surface area contributed by atoms with E-state index >= 15 is 0 Å². The third kappa shape index (κ3) is 6.66. The zero-order valence-corrected chi connectivity index (χ0v) is 21.1. The van der Waals surface area contributed by atoms with Crippen LogP contribution in [0.5, 0.6) is 11.5 Å². The lowest BCUT2D eigenvalue weighted by atomic mass is 9.97. The molecule has 1 aliphatic rings. The number of aromatic nitrogens is 2. The van der Waals surface area contributed by atoms with E-state index in [9.17, 15) is 4.79 Å². The molecule has 0 spiro atoms. The fraction of sp³-hybridized carbons (Fsp3) is 0.370. The van der Waals surface area contributed by atoms with Crippen molar-refractivity contribution in [2.75, 3.05) is 31.2 Å². The van der Waals surface area contributed by atoms with Crippen molar-refractivity contribution < 1.29 is 14.3 Å². The average molecular weight is 493 g/mol. The fourth-order valence-electron chi connectivity index (χ4n) is 4.13. The zero-order chi connectivity index (χ0) is 24.5. The van der Waals surface area contributed by atoms with E-state index in [-0.39, 0.29) is 11.8 Å². The highest BCUT2D eigenvalue weighted by Gasteiger charge is 2.28. The van der Waals surface area contributed by atoms with Crippen LogP contribution in [0.25, 0.3) is 0 Å². The molecule has 0 unspecified atom stereocenters. The highest BCUT2D eigenvalue weighted by Crippen LogP contribution is 2.34. The molecule has 2 heterocycles. The van der Waals surface area contributed by atoms with Gasteiger partial charge in [-0.1, -0.05) is 36.0 Å². The largest absolute Gasteiger partial charge is 0.490 e. The van der Waals surface area contributed by atoms with Gasteiger partial charge in [-0.05, 0) is 56.5 Å². The first-order valence-corrected chi connectivity index (χ1v) is 12.9. The summed E-state index contributed by atoms with van der Waals surface area (Å²) in [5.41, 5.74) is 0.980. The summed E-state index contributed by atoms with van der Waals surface area (Å²) in [6, 6.07) is 16.0. The molecule has 1 aliphatic heterocycles. The van der Waals surface area contributed by atoms with Gasteiger partial charge < -0.3 is 19.7 Å². The number of amides is 1. The molecule has 2 aromatic carbocycles. The molecular weight excluding hydrogens is 460 g/mol. The number of carbonyl (C=O) groups excluding carboxylic acids is 1. The number of piperidine rings is 1. The van der Waals surface area contributed by atoms with E-state index in [4.69, 9.17) is 9.47 Å². The fourth-order valence-corrected chi connectivity index (χ4v) is 5.03. The number of hydrogen-bond donors (Lipinski definition) is 1. The second kappa shape index (κ2) is 12.4. The number of nitrogens with one attached hydrogen (secondary N) is 1. The van der Waals surface area contributed by atoms with Gasteiger partial charge in [-0.3, -0.25) is 4.79 Å². The lowest BCUT2D eigenvalue weighted by molar-refractivity contribution is -0.125. The van der Waals surface area contributed by atoms with Gasteiger partial charge in [0.15, 0.2) is 17.3 Å². The van der Waals surface area contributed by atoms with Crippen molar-refractivity contribution in [3.8, 4) is 11.5 Å². The molecule has 0 radical (unpaired) electrons. The molecule has 1 saturated heterocycles. The molecule has 1 amide bonds. The van der Waals surface area contributed by atoms with Gasteiger partial charge in [-0.25, -0.2) is 9.97 Å². The minimum absolute atomic E-state index is 0.0581. The van der Waals surface area contributed by atoms with Gasteiger partial charge in [0.2, 0.25) is 5.91 Å². The molecule has 1 aromatic heterocycles. The molecule has 3 aromatic rings. The van der Waals surface area contributed by atoms with Gasteiger partial charge in [0.25, 0.3) is 0 Å². The summed E-state index contributed by atoms with van der Waals surface area (Å²) < 4.78 is 11.3. The molecule has 7 nitrogen and oxygen atoms in total. The topological polar surface area (TPSA) is 76.6 Å². The minimum atomic E-state index is -0.102. The second-order valence-electron chi connectivity index (χ2n) is 8.25. The Bertz CT molecular complexity index is 1110. The number of rotatable bonds is 10. The molecule has 1 atom stereocenters. The maximum Gasteiger partial charge on any atom is 0.225 e.